The van der Waals surface area contributed by atoms with E-state index in [-0.39, 0.29) is 5.76 Å². The zero-order valence-corrected chi connectivity index (χ0v) is 9.88. The lowest BCUT2D eigenvalue weighted by atomic mass is 10.1. The van der Waals surface area contributed by atoms with E-state index in [1.807, 2.05) is 5.32 Å². The maximum absolute atomic E-state index is 10.5. The standard InChI is InChI=1S/C12H11NO6/c1-18-7-4-2-6(3-5-7)10-8(14)9(15)11(19-10)13-12(16)17/h2-5,13-15H,1H3,(H,16,17). The predicted octanol–water partition coefficient (Wildman–Crippen LogP) is 2.46. The lowest BCUT2D eigenvalue weighted by Crippen LogP contribution is -2.06. The first-order valence-corrected chi connectivity index (χ1v) is 5.22. The van der Waals surface area contributed by atoms with E-state index in [0.29, 0.717) is 11.3 Å². The van der Waals surface area contributed by atoms with Gasteiger partial charge in [-0.2, -0.15) is 0 Å². The quantitative estimate of drug-likeness (QED) is 0.678. The van der Waals surface area contributed by atoms with E-state index in [1.165, 1.54) is 7.11 Å². The van der Waals surface area contributed by atoms with Crippen molar-refractivity contribution in [3.05, 3.63) is 24.3 Å². The Morgan fingerprint density at radius 3 is 2.37 bits per heavy atom. The third kappa shape index (κ3) is 2.39. The van der Waals surface area contributed by atoms with E-state index in [4.69, 9.17) is 14.3 Å². The molecule has 19 heavy (non-hydrogen) atoms. The second-order valence-electron chi connectivity index (χ2n) is 3.62. The molecule has 0 atom stereocenters. The van der Waals surface area contributed by atoms with Crippen molar-refractivity contribution < 1.29 is 29.3 Å². The fourth-order valence-corrected chi connectivity index (χ4v) is 1.53. The van der Waals surface area contributed by atoms with Crippen LogP contribution in [0.5, 0.6) is 17.2 Å². The third-order valence-electron chi connectivity index (χ3n) is 2.43. The van der Waals surface area contributed by atoms with Crippen molar-refractivity contribution in [1.29, 1.82) is 0 Å². The van der Waals surface area contributed by atoms with Crippen molar-refractivity contribution in [2.45, 2.75) is 0 Å². The Hall–Kier alpha value is -2.83. The van der Waals surface area contributed by atoms with Crippen molar-refractivity contribution in [3.8, 4) is 28.6 Å². The van der Waals surface area contributed by atoms with Crippen LogP contribution in [-0.4, -0.2) is 28.5 Å². The number of rotatable bonds is 3. The molecule has 0 fully saturated rings. The number of furan rings is 1. The van der Waals surface area contributed by atoms with Gasteiger partial charge in [0.05, 0.1) is 7.11 Å². The molecule has 0 spiro atoms. The molecule has 1 aromatic carbocycles. The van der Waals surface area contributed by atoms with Crippen molar-refractivity contribution in [1.82, 2.24) is 0 Å². The molecule has 1 heterocycles. The summed E-state index contributed by atoms with van der Waals surface area (Å²) in [6.45, 7) is 0. The molecule has 0 aliphatic heterocycles. The number of amides is 1. The number of aromatic hydroxyl groups is 2. The van der Waals surface area contributed by atoms with Crippen LogP contribution in [0, 0.1) is 0 Å². The molecule has 0 aliphatic rings. The summed E-state index contributed by atoms with van der Waals surface area (Å²) in [6, 6.07) is 6.47. The minimum Gasteiger partial charge on any atom is -0.502 e. The molecule has 0 bridgehead atoms. The van der Waals surface area contributed by atoms with Gasteiger partial charge in [-0.15, -0.1) is 0 Å². The normalized spacial score (nSPS) is 10.2. The maximum atomic E-state index is 10.5. The molecule has 0 radical (unpaired) electrons. The summed E-state index contributed by atoms with van der Waals surface area (Å²) in [5.74, 6) is -1.05. The zero-order valence-electron chi connectivity index (χ0n) is 9.88. The van der Waals surface area contributed by atoms with E-state index < -0.39 is 23.5 Å². The van der Waals surface area contributed by atoms with Crippen LogP contribution >= 0.6 is 0 Å². The Morgan fingerprint density at radius 1 is 1.21 bits per heavy atom. The lowest BCUT2D eigenvalue weighted by Gasteiger charge is -2.01. The Kier molecular flexibility index (Phi) is 3.19. The molecule has 0 unspecified atom stereocenters. The smallest absolute Gasteiger partial charge is 0.411 e. The highest BCUT2D eigenvalue weighted by Gasteiger charge is 2.21. The number of carbonyl (C=O) groups is 1. The number of carboxylic acid groups (broad SMARTS) is 1. The van der Waals surface area contributed by atoms with Gasteiger partial charge in [0.1, 0.15) is 5.75 Å². The Morgan fingerprint density at radius 2 is 1.84 bits per heavy atom. The van der Waals surface area contributed by atoms with Crippen LogP contribution < -0.4 is 10.1 Å². The molecule has 100 valence electrons. The van der Waals surface area contributed by atoms with Crippen LogP contribution in [0.1, 0.15) is 0 Å². The molecule has 4 N–H and O–H groups in total. The molecule has 1 amide bonds. The van der Waals surface area contributed by atoms with E-state index in [1.54, 1.807) is 24.3 Å². The van der Waals surface area contributed by atoms with Crippen molar-refractivity contribution >= 4 is 12.0 Å². The number of hydrogen-bond donors (Lipinski definition) is 4. The fraction of sp³-hybridized carbons (Fsp3) is 0.0833. The number of nitrogens with one attached hydrogen (secondary N) is 1. The predicted molar refractivity (Wildman–Crippen MR) is 65.7 cm³/mol. The third-order valence-corrected chi connectivity index (χ3v) is 2.43. The highest BCUT2D eigenvalue weighted by atomic mass is 16.5. The molecule has 7 heteroatoms. The Labute approximate surface area is 107 Å². The van der Waals surface area contributed by atoms with Crippen LogP contribution in [0.3, 0.4) is 0 Å². The minimum absolute atomic E-state index is 0.0381. The fourth-order valence-electron chi connectivity index (χ4n) is 1.53. The van der Waals surface area contributed by atoms with Crippen LogP contribution in [0.15, 0.2) is 28.7 Å². The summed E-state index contributed by atoms with van der Waals surface area (Å²) in [7, 11) is 1.51. The van der Waals surface area contributed by atoms with Crippen LogP contribution in [-0.2, 0) is 0 Å². The summed E-state index contributed by atoms with van der Waals surface area (Å²) in [4.78, 5) is 10.5. The first-order valence-electron chi connectivity index (χ1n) is 5.22. The molecule has 0 saturated heterocycles. The first-order chi connectivity index (χ1) is 9.02. The summed E-state index contributed by atoms with van der Waals surface area (Å²) in [5.41, 5.74) is 0.465. The SMILES string of the molecule is COc1ccc(-c2oc(NC(=O)O)c(O)c2O)cc1. The molecule has 0 saturated carbocycles. The molecule has 2 rings (SSSR count). The number of methoxy groups -OCH3 is 1. The van der Waals surface area contributed by atoms with Gasteiger partial charge in [0.25, 0.3) is 0 Å². The van der Waals surface area contributed by atoms with Gasteiger partial charge in [0.2, 0.25) is 17.4 Å². The second kappa shape index (κ2) is 4.81. The van der Waals surface area contributed by atoms with Crippen molar-refractivity contribution in [2.24, 2.45) is 0 Å². The highest BCUT2D eigenvalue weighted by molar-refractivity contribution is 5.86. The van der Waals surface area contributed by atoms with Gasteiger partial charge in [-0.1, -0.05) is 0 Å². The van der Waals surface area contributed by atoms with Crippen LogP contribution in [0.2, 0.25) is 0 Å². The summed E-state index contributed by atoms with van der Waals surface area (Å²) < 4.78 is 10.1. The largest absolute Gasteiger partial charge is 0.502 e. The van der Waals surface area contributed by atoms with E-state index in [2.05, 4.69) is 0 Å². The van der Waals surface area contributed by atoms with Crippen molar-refractivity contribution in [3.63, 3.8) is 0 Å². The second-order valence-corrected chi connectivity index (χ2v) is 3.62. The lowest BCUT2D eigenvalue weighted by molar-refractivity contribution is 0.209. The number of hydrogen-bond acceptors (Lipinski definition) is 5. The Bertz CT molecular complexity index is 601. The zero-order chi connectivity index (χ0) is 14.0. The van der Waals surface area contributed by atoms with Crippen LogP contribution in [0.4, 0.5) is 10.7 Å². The summed E-state index contributed by atoms with van der Waals surface area (Å²) in [5, 5.41) is 29.6. The summed E-state index contributed by atoms with van der Waals surface area (Å²) in [6.07, 6.45) is -1.41. The molecule has 1 aromatic heterocycles. The first kappa shape index (κ1) is 12.6. The average Bonchev–Trinajstić information content (AvgIpc) is 2.67. The minimum atomic E-state index is -1.41. The maximum Gasteiger partial charge on any atom is 0.411 e. The van der Waals surface area contributed by atoms with Gasteiger partial charge in [0, 0.05) is 5.56 Å². The molecule has 7 nitrogen and oxygen atoms in total. The van der Waals surface area contributed by atoms with Gasteiger partial charge in [-0.3, -0.25) is 5.32 Å². The van der Waals surface area contributed by atoms with Gasteiger partial charge in [-0.25, -0.2) is 4.79 Å². The average molecular weight is 265 g/mol. The molecular formula is C12H11NO6. The van der Waals surface area contributed by atoms with Crippen molar-refractivity contribution in [2.75, 3.05) is 12.4 Å². The summed E-state index contributed by atoms with van der Waals surface area (Å²) >= 11 is 0. The van der Waals surface area contributed by atoms with Gasteiger partial charge in [-0.05, 0) is 24.3 Å². The monoisotopic (exact) mass is 265 g/mol. The number of benzene rings is 1. The van der Waals surface area contributed by atoms with Gasteiger partial charge >= 0.3 is 6.09 Å². The highest BCUT2D eigenvalue weighted by Crippen LogP contribution is 2.45. The molecular weight excluding hydrogens is 254 g/mol. The van der Waals surface area contributed by atoms with E-state index >= 15 is 0 Å². The van der Waals surface area contributed by atoms with Crippen LogP contribution in [0.25, 0.3) is 11.3 Å². The van der Waals surface area contributed by atoms with Gasteiger partial charge < -0.3 is 24.5 Å². The van der Waals surface area contributed by atoms with E-state index in [0.717, 1.165) is 0 Å². The molecule has 0 aliphatic carbocycles. The Balaban J connectivity index is 2.41. The number of ether oxygens (including phenoxy) is 1. The molecule has 2 aromatic rings. The topological polar surface area (TPSA) is 112 Å². The van der Waals surface area contributed by atoms with Gasteiger partial charge in [0.15, 0.2) is 5.76 Å². The number of anilines is 1. The van der Waals surface area contributed by atoms with E-state index in [9.17, 15) is 15.0 Å².